The number of aromatic amines is 1. The van der Waals surface area contributed by atoms with Gasteiger partial charge in [0.15, 0.2) is 0 Å². The fraction of sp³-hybridized carbons (Fsp3) is 0.105. The van der Waals surface area contributed by atoms with E-state index in [2.05, 4.69) is 15.3 Å². The van der Waals surface area contributed by atoms with E-state index in [1.165, 1.54) is 35.2 Å². The molecule has 2 N–H and O–H groups in total. The van der Waals surface area contributed by atoms with Gasteiger partial charge in [0.1, 0.15) is 23.4 Å². The van der Waals surface area contributed by atoms with Crippen molar-refractivity contribution in [3.63, 3.8) is 0 Å². The van der Waals surface area contributed by atoms with E-state index in [-0.39, 0.29) is 17.9 Å². The maximum atomic E-state index is 12.9. The number of carbonyl (C=O) groups excluding carboxylic acids is 1. The number of amides is 1. The molecular formula is C19H15FN4O2. The van der Waals surface area contributed by atoms with Crippen molar-refractivity contribution in [1.82, 2.24) is 14.5 Å². The first-order valence-electron chi connectivity index (χ1n) is 8.04. The highest BCUT2D eigenvalue weighted by molar-refractivity contribution is 6.04. The second-order valence-corrected chi connectivity index (χ2v) is 6.13. The van der Waals surface area contributed by atoms with Crippen LogP contribution in [0.1, 0.15) is 5.56 Å². The van der Waals surface area contributed by atoms with Crippen LogP contribution >= 0.6 is 0 Å². The third kappa shape index (κ3) is 2.83. The molecule has 7 heteroatoms. The minimum atomic E-state index is -0.396. The molecular weight excluding hydrogens is 335 g/mol. The summed E-state index contributed by atoms with van der Waals surface area (Å²) < 4.78 is 14.2. The van der Waals surface area contributed by atoms with Gasteiger partial charge in [0.05, 0.1) is 6.33 Å². The maximum absolute atomic E-state index is 12.9. The lowest BCUT2D eigenvalue weighted by Gasteiger charge is -2.07. The van der Waals surface area contributed by atoms with Crippen molar-refractivity contribution < 1.29 is 9.18 Å². The third-order valence-electron chi connectivity index (χ3n) is 4.17. The van der Waals surface area contributed by atoms with Crippen LogP contribution in [0.25, 0.3) is 21.9 Å². The van der Waals surface area contributed by atoms with E-state index < -0.39 is 5.91 Å². The highest BCUT2D eigenvalue weighted by Gasteiger charge is 2.13. The number of rotatable bonds is 3. The van der Waals surface area contributed by atoms with Crippen LogP contribution in [0.3, 0.4) is 0 Å². The van der Waals surface area contributed by atoms with Gasteiger partial charge in [0, 0.05) is 16.6 Å². The molecule has 0 spiro atoms. The molecule has 4 aromatic rings. The van der Waals surface area contributed by atoms with E-state index in [1.54, 1.807) is 0 Å². The van der Waals surface area contributed by atoms with Gasteiger partial charge in [-0.3, -0.25) is 14.2 Å². The van der Waals surface area contributed by atoms with Crippen LogP contribution in [-0.4, -0.2) is 20.4 Å². The molecule has 26 heavy (non-hydrogen) atoms. The quantitative estimate of drug-likeness (QED) is 0.596. The Balaban J connectivity index is 1.65. The monoisotopic (exact) mass is 350 g/mol. The minimum Gasteiger partial charge on any atom is -0.349 e. The van der Waals surface area contributed by atoms with Crippen molar-refractivity contribution in [1.29, 1.82) is 0 Å². The second-order valence-electron chi connectivity index (χ2n) is 6.13. The Bertz CT molecular complexity index is 1190. The van der Waals surface area contributed by atoms with Crippen molar-refractivity contribution in [2.45, 2.75) is 13.5 Å². The SMILES string of the molecule is Cc1ccc2[nH]c3c(=O)n(CC(=O)Nc4ccc(F)cc4)cnc3c2c1. The lowest BCUT2D eigenvalue weighted by Crippen LogP contribution is -2.27. The van der Waals surface area contributed by atoms with Crippen LogP contribution in [0.15, 0.2) is 53.6 Å². The summed E-state index contributed by atoms with van der Waals surface area (Å²) in [5.41, 5.74) is 2.98. The van der Waals surface area contributed by atoms with Crippen molar-refractivity contribution in [2.75, 3.05) is 5.32 Å². The Kier molecular flexibility index (Phi) is 3.76. The summed E-state index contributed by atoms with van der Waals surface area (Å²) in [6.07, 6.45) is 1.37. The Labute approximate surface area is 147 Å². The zero-order chi connectivity index (χ0) is 18.3. The number of nitrogens with zero attached hydrogens (tertiary/aromatic N) is 2. The van der Waals surface area contributed by atoms with Crippen LogP contribution in [-0.2, 0) is 11.3 Å². The molecule has 2 heterocycles. The maximum Gasteiger partial charge on any atom is 0.278 e. The number of fused-ring (bicyclic) bond motifs is 3. The largest absolute Gasteiger partial charge is 0.349 e. The molecule has 0 unspecified atom stereocenters. The number of halogens is 1. The average Bonchev–Trinajstić information content (AvgIpc) is 2.98. The molecule has 0 aliphatic carbocycles. The first kappa shape index (κ1) is 16.0. The van der Waals surface area contributed by atoms with Gasteiger partial charge < -0.3 is 10.3 Å². The molecule has 0 bridgehead atoms. The van der Waals surface area contributed by atoms with Gasteiger partial charge in [0.2, 0.25) is 5.91 Å². The van der Waals surface area contributed by atoms with Crippen molar-refractivity contribution >= 4 is 33.5 Å². The molecule has 4 rings (SSSR count). The van der Waals surface area contributed by atoms with Gasteiger partial charge in [-0.25, -0.2) is 9.37 Å². The smallest absolute Gasteiger partial charge is 0.278 e. The van der Waals surface area contributed by atoms with Gasteiger partial charge >= 0.3 is 0 Å². The number of hydrogen-bond donors (Lipinski definition) is 2. The van der Waals surface area contributed by atoms with Gasteiger partial charge in [0.25, 0.3) is 5.56 Å². The Morgan fingerprint density at radius 3 is 2.77 bits per heavy atom. The van der Waals surface area contributed by atoms with Gasteiger partial charge in [-0.15, -0.1) is 0 Å². The highest BCUT2D eigenvalue weighted by atomic mass is 19.1. The third-order valence-corrected chi connectivity index (χ3v) is 4.17. The average molecular weight is 350 g/mol. The van der Waals surface area contributed by atoms with Crippen molar-refractivity contribution in [3.8, 4) is 0 Å². The Morgan fingerprint density at radius 2 is 2.00 bits per heavy atom. The zero-order valence-electron chi connectivity index (χ0n) is 13.9. The number of hydrogen-bond acceptors (Lipinski definition) is 3. The number of benzene rings is 2. The predicted molar refractivity (Wildman–Crippen MR) is 97.6 cm³/mol. The van der Waals surface area contributed by atoms with E-state index in [4.69, 9.17) is 0 Å². The summed E-state index contributed by atoms with van der Waals surface area (Å²) in [7, 11) is 0. The summed E-state index contributed by atoms with van der Waals surface area (Å²) in [5, 5.41) is 3.50. The van der Waals surface area contributed by atoms with Crippen LogP contribution in [0, 0.1) is 12.7 Å². The van der Waals surface area contributed by atoms with Crippen molar-refractivity contribution in [3.05, 3.63) is 70.5 Å². The van der Waals surface area contributed by atoms with E-state index in [0.717, 1.165) is 16.5 Å². The molecule has 0 saturated heterocycles. The number of aromatic nitrogens is 3. The molecule has 2 aromatic carbocycles. The van der Waals surface area contributed by atoms with E-state index >= 15 is 0 Å². The fourth-order valence-electron chi connectivity index (χ4n) is 2.90. The summed E-state index contributed by atoms with van der Waals surface area (Å²) >= 11 is 0. The van der Waals surface area contributed by atoms with Crippen LogP contribution < -0.4 is 10.9 Å². The van der Waals surface area contributed by atoms with Crippen LogP contribution in [0.5, 0.6) is 0 Å². The van der Waals surface area contributed by atoms with Crippen LogP contribution in [0.4, 0.5) is 10.1 Å². The molecule has 2 aromatic heterocycles. The summed E-state index contributed by atoms with van der Waals surface area (Å²) in [6, 6.07) is 11.2. The van der Waals surface area contributed by atoms with Gasteiger partial charge in [-0.2, -0.15) is 0 Å². The molecule has 0 fully saturated rings. The normalized spacial score (nSPS) is 11.2. The highest BCUT2D eigenvalue weighted by Crippen LogP contribution is 2.22. The zero-order valence-corrected chi connectivity index (χ0v) is 13.9. The van der Waals surface area contributed by atoms with Gasteiger partial charge in [-0.1, -0.05) is 11.6 Å². The molecule has 0 aliphatic rings. The lowest BCUT2D eigenvalue weighted by atomic mass is 10.2. The lowest BCUT2D eigenvalue weighted by molar-refractivity contribution is -0.116. The molecule has 1 amide bonds. The summed E-state index contributed by atoms with van der Waals surface area (Å²) in [4.78, 5) is 32.3. The van der Waals surface area contributed by atoms with E-state index in [9.17, 15) is 14.0 Å². The molecule has 0 aliphatic heterocycles. The van der Waals surface area contributed by atoms with Crippen LogP contribution in [0.2, 0.25) is 0 Å². The predicted octanol–water partition coefficient (Wildman–Crippen LogP) is 2.96. The molecule has 0 radical (unpaired) electrons. The first-order chi connectivity index (χ1) is 12.5. The number of H-pyrrole nitrogens is 1. The second kappa shape index (κ2) is 6.11. The first-order valence-corrected chi connectivity index (χ1v) is 8.04. The van der Waals surface area contributed by atoms with E-state index in [0.29, 0.717) is 16.7 Å². The molecule has 130 valence electrons. The summed E-state index contributed by atoms with van der Waals surface area (Å²) in [5.74, 6) is -0.783. The number of anilines is 1. The fourth-order valence-corrected chi connectivity index (χ4v) is 2.90. The molecule has 0 saturated carbocycles. The Hall–Kier alpha value is -3.48. The van der Waals surface area contributed by atoms with Crippen molar-refractivity contribution in [2.24, 2.45) is 0 Å². The molecule has 6 nitrogen and oxygen atoms in total. The van der Waals surface area contributed by atoms with E-state index in [1.807, 2.05) is 25.1 Å². The standard InChI is InChI=1S/C19H15FN4O2/c1-11-2-7-15-14(8-11)17-18(23-15)19(26)24(10-21-17)9-16(25)22-13-5-3-12(20)4-6-13/h2-8,10,23H,9H2,1H3,(H,22,25). The topological polar surface area (TPSA) is 79.8 Å². The Morgan fingerprint density at radius 1 is 1.23 bits per heavy atom. The molecule has 0 atom stereocenters. The summed E-state index contributed by atoms with van der Waals surface area (Å²) in [6.45, 7) is 1.78. The number of nitrogens with one attached hydrogen (secondary N) is 2. The van der Waals surface area contributed by atoms with Gasteiger partial charge in [-0.05, 0) is 43.3 Å². The minimum absolute atomic E-state index is 0.187. The number of carbonyl (C=O) groups is 1. The number of aryl methyl sites for hydroxylation is 1.